The number of carbonyl (C=O) groups excluding carboxylic acids is 2. The smallest absolute Gasteiger partial charge is 0.254 e. The molecule has 4 rings (SSSR count). The van der Waals surface area contributed by atoms with Crippen molar-refractivity contribution >= 4 is 17.6 Å². The van der Waals surface area contributed by atoms with Crippen LogP contribution in [0.4, 0.5) is 5.82 Å². The number of anilines is 1. The van der Waals surface area contributed by atoms with Crippen molar-refractivity contribution in [1.29, 1.82) is 0 Å². The van der Waals surface area contributed by atoms with Gasteiger partial charge in [0, 0.05) is 24.8 Å². The first-order chi connectivity index (χ1) is 15.1. The Bertz CT molecular complexity index is 1070. The van der Waals surface area contributed by atoms with Gasteiger partial charge in [-0.15, -0.1) is 0 Å². The van der Waals surface area contributed by atoms with Crippen molar-refractivity contribution in [2.75, 3.05) is 18.4 Å². The number of nitrogens with one attached hydrogen (secondary N) is 1. The van der Waals surface area contributed by atoms with E-state index in [1.54, 1.807) is 23.2 Å². The molecular weight excluding hydrogens is 390 g/mol. The number of piperidine rings is 1. The molecular formula is C25H25N3O3. The van der Waals surface area contributed by atoms with Crippen molar-refractivity contribution in [2.45, 2.75) is 19.8 Å². The van der Waals surface area contributed by atoms with Crippen LogP contribution in [0.3, 0.4) is 0 Å². The number of nitrogens with zero attached hydrogens (tertiary/aromatic N) is 2. The van der Waals surface area contributed by atoms with Gasteiger partial charge in [0.05, 0.1) is 5.92 Å². The summed E-state index contributed by atoms with van der Waals surface area (Å²) in [5.74, 6) is 1.44. The maximum atomic E-state index is 13.1. The summed E-state index contributed by atoms with van der Waals surface area (Å²) in [5.41, 5.74) is 1.46. The number of aromatic nitrogens is 1. The van der Waals surface area contributed by atoms with Crippen LogP contribution in [0, 0.1) is 12.8 Å². The molecule has 2 heterocycles. The third kappa shape index (κ3) is 5.09. The zero-order valence-corrected chi connectivity index (χ0v) is 17.5. The fourth-order valence-corrected chi connectivity index (χ4v) is 3.71. The highest BCUT2D eigenvalue weighted by molar-refractivity contribution is 5.96. The molecule has 1 aliphatic heterocycles. The number of aryl methyl sites for hydroxylation is 1. The zero-order valence-electron chi connectivity index (χ0n) is 17.5. The van der Waals surface area contributed by atoms with Crippen LogP contribution >= 0.6 is 0 Å². The number of hydrogen-bond acceptors (Lipinski definition) is 4. The van der Waals surface area contributed by atoms with Crippen LogP contribution < -0.4 is 10.1 Å². The normalized spacial score (nSPS) is 15.9. The van der Waals surface area contributed by atoms with E-state index >= 15 is 0 Å². The van der Waals surface area contributed by atoms with Gasteiger partial charge in [-0.1, -0.05) is 30.3 Å². The summed E-state index contributed by atoms with van der Waals surface area (Å²) in [6, 6.07) is 20.4. The molecule has 1 unspecified atom stereocenters. The topological polar surface area (TPSA) is 71.5 Å². The maximum absolute atomic E-state index is 13.1. The minimum absolute atomic E-state index is 0.0926. The molecule has 1 fully saturated rings. The van der Waals surface area contributed by atoms with Gasteiger partial charge in [0.2, 0.25) is 5.91 Å². The van der Waals surface area contributed by atoms with Crippen molar-refractivity contribution < 1.29 is 14.3 Å². The summed E-state index contributed by atoms with van der Waals surface area (Å²) in [5, 5.41) is 2.91. The fourth-order valence-electron chi connectivity index (χ4n) is 3.71. The molecule has 3 aromatic rings. The average Bonchev–Trinajstić information content (AvgIpc) is 2.81. The second kappa shape index (κ2) is 9.43. The number of rotatable bonds is 5. The number of ether oxygens (including phenoxy) is 1. The predicted molar refractivity (Wildman–Crippen MR) is 119 cm³/mol. The van der Waals surface area contributed by atoms with Crippen molar-refractivity contribution in [2.24, 2.45) is 5.92 Å². The minimum atomic E-state index is -0.261. The summed E-state index contributed by atoms with van der Waals surface area (Å²) in [7, 11) is 0. The molecule has 1 N–H and O–H groups in total. The molecule has 1 saturated heterocycles. The summed E-state index contributed by atoms with van der Waals surface area (Å²) in [4.78, 5) is 31.9. The lowest BCUT2D eigenvalue weighted by molar-refractivity contribution is -0.121. The monoisotopic (exact) mass is 415 g/mol. The molecule has 6 nitrogen and oxygen atoms in total. The van der Waals surface area contributed by atoms with Crippen molar-refractivity contribution in [3.8, 4) is 11.5 Å². The van der Waals surface area contributed by atoms with Crippen molar-refractivity contribution in [1.82, 2.24) is 9.88 Å². The van der Waals surface area contributed by atoms with E-state index in [0.717, 1.165) is 18.4 Å². The van der Waals surface area contributed by atoms with Gasteiger partial charge in [0.15, 0.2) is 0 Å². The van der Waals surface area contributed by atoms with E-state index in [9.17, 15) is 9.59 Å². The largest absolute Gasteiger partial charge is 0.457 e. The highest BCUT2D eigenvalue weighted by atomic mass is 16.5. The first-order valence-corrected chi connectivity index (χ1v) is 10.4. The molecule has 0 saturated carbocycles. The van der Waals surface area contributed by atoms with Gasteiger partial charge < -0.3 is 15.0 Å². The van der Waals surface area contributed by atoms with Crippen LogP contribution in [0.1, 0.15) is 28.8 Å². The summed E-state index contributed by atoms with van der Waals surface area (Å²) >= 11 is 0. The van der Waals surface area contributed by atoms with Crippen molar-refractivity contribution in [3.63, 3.8) is 0 Å². The molecule has 1 aromatic heterocycles. The highest BCUT2D eigenvalue weighted by Gasteiger charge is 2.29. The van der Waals surface area contributed by atoms with E-state index in [1.165, 1.54) is 0 Å². The SMILES string of the molecule is Cc1cccnc1NC(=O)C1CCCN(C(=O)c2cccc(Oc3ccccc3)c2)C1. The number of benzene rings is 2. The van der Waals surface area contributed by atoms with Crippen LogP contribution in [-0.4, -0.2) is 34.8 Å². The van der Waals surface area contributed by atoms with Gasteiger partial charge in [0.1, 0.15) is 17.3 Å². The Balaban J connectivity index is 1.42. The van der Waals surface area contributed by atoms with E-state index in [-0.39, 0.29) is 17.7 Å². The lowest BCUT2D eigenvalue weighted by Gasteiger charge is -2.32. The van der Waals surface area contributed by atoms with Gasteiger partial charge in [0.25, 0.3) is 5.91 Å². The molecule has 0 aliphatic carbocycles. The van der Waals surface area contributed by atoms with Crippen LogP contribution in [0.15, 0.2) is 72.9 Å². The molecule has 31 heavy (non-hydrogen) atoms. The maximum Gasteiger partial charge on any atom is 0.254 e. The second-order valence-corrected chi connectivity index (χ2v) is 7.69. The number of carbonyl (C=O) groups is 2. The summed E-state index contributed by atoms with van der Waals surface area (Å²) in [6.07, 6.45) is 3.19. The molecule has 2 aromatic carbocycles. The van der Waals surface area contributed by atoms with Gasteiger partial charge >= 0.3 is 0 Å². The molecule has 158 valence electrons. The number of hydrogen-bond donors (Lipinski definition) is 1. The Morgan fingerprint density at radius 3 is 2.65 bits per heavy atom. The molecule has 2 amide bonds. The van der Waals surface area contributed by atoms with Gasteiger partial charge in [-0.05, 0) is 61.7 Å². The summed E-state index contributed by atoms with van der Waals surface area (Å²) < 4.78 is 5.85. The average molecular weight is 415 g/mol. The lowest BCUT2D eigenvalue weighted by atomic mass is 9.96. The molecule has 0 radical (unpaired) electrons. The third-order valence-electron chi connectivity index (χ3n) is 5.39. The van der Waals surface area contributed by atoms with E-state index in [2.05, 4.69) is 10.3 Å². The Labute approximate surface area is 181 Å². The third-order valence-corrected chi connectivity index (χ3v) is 5.39. The molecule has 6 heteroatoms. The first-order valence-electron chi connectivity index (χ1n) is 10.4. The molecule has 1 aliphatic rings. The standard InChI is InChI=1S/C25H25N3O3/c1-18-8-6-14-26-23(18)27-24(29)20-10-7-15-28(17-20)25(30)19-9-5-13-22(16-19)31-21-11-3-2-4-12-21/h2-6,8-9,11-14,16,20H,7,10,15,17H2,1H3,(H,26,27,29). The fraction of sp³-hybridized carbons (Fsp3) is 0.240. The van der Waals surface area contributed by atoms with Crippen LogP contribution in [0.2, 0.25) is 0 Å². The molecule has 0 spiro atoms. The van der Waals surface area contributed by atoms with Crippen molar-refractivity contribution in [3.05, 3.63) is 84.1 Å². The number of para-hydroxylation sites is 1. The quantitative estimate of drug-likeness (QED) is 0.657. The summed E-state index contributed by atoms with van der Waals surface area (Å²) in [6.45, 7) is 2.93. The predicted octanol–water partition coefficient (Wildman–Crippen LogP) is 4.67. The minimum Gasteiger partial charge on any atom is -0.457 e. The number of likely N-dealkylation sites (tertiary alicyclic amines) is 1. The highest BCUT2D eigenvalue weighted by Crippen LogP contribution is 2.25. The van der Waals surface area contributed by atoms with Crippen LogP contribution in [0.25, 0.3) is 0 Å². The lowest BCUT2D eigenvalue weighted by Crippen LogP contribution is -2.43. The zero-order chi connectivity index (χ0) is 21.6. The van der Waals surface area contributed by atoms with Crippen LogP contribution in [0.5, 0.6) is 11.5 Å². The molecule has 0 bridgehead atoms. The van der Waals surface area contributed by atoms with Gasteiger partial charge in [-0.25, -0.2) is 4.98 Å². The Kier molecular flexibility index (Phi) is 6.26. The Morgan fingerprint density at radius 1 is 1.03 bits per heavy atom. The van der Waals surface area contributed by atoms with E-state index in [4.69, 9.17) is 4.74 Å². The number of pyridine rings is 1. The molecule has 1 atom stereocenters. The first kappa shape index (κ1) is 20.6. The van der Waals surface area contributed by atoms with E-state index < -0.39 is 0 Å². The van der Waals surface area contributed by atoms with Crippen LogP contribution in [-0.2, 0) is 4.79 Å². The van der Waals surface area contributed by atoms with E-state index in [0.29, 0.717) is 36.0 Å². The van der Waals surface area contributed by atoms with Gasteiger partial charge in [-0.3, -0.25) is 9.59 Å². The second-order valence-electron chi connectivity index (χ2n) is 7.69. The van der Waals surface area contributed by atoms with E-state index in [1.807, 2.05) is 61.5 Å². The Morgan fingerprint density at radius 2 is 1.84 bits per heavy atom. The Hall–Kier alpha value is -3.67. The number of amides is 2. The van der Waals surface area contributed by atoms with Gasteiger partial charge in [-0.2, -0.15) is 0 Å².